The highest BCUT2D eigenvalue weighted by molar-refractivity contribution is 8.00. The van der Waals surface area contributed by atoms with Crippen molar-refractivity contribution in [2.75, 3.05) is 29.1 Å². The van der Waals surface area contributed by atoms with Crippen LogP contribution in [0.2, 0.25) is 0 Å². The predicted octanol–water partition coefficient (Wildman–Crippen LogP) is 4.94. The van der Waals surface area contributed by atoms with Crippen molar-refractivity contribution in [3.63, 3.8) is 0 Å². The van der Waals surface area contributed by atoms with Crippen molar-refractivity contribution in [2.24, 2.45) is 0 Å². The Labute approximate surface area is 180 Å². The van der Waals surface area contributed by atoms with E-state index >= 15 is 0 Å². The Morgan fingerprint density at radius 1 is 1.13 bits per heavy atom. The lowest BCUT2D eigenvalue weighted by molar-refractivity contribution is -0.113. The number of rotatable bonds is 5. The quantitative estimate of drug-likeness (QED) is 0.630. The molecule has 0 saturated carbocycles. The number of anilines is 2. The van der Waals surface area contributed by atoms with Crippen molar-refractivity contribution in [3.05, 3.63) is 71.2 Å². The summed E-state index contributed by atoms with van der Waals surface area (Å²) in [6, 6.07) is 14.7. The molecule has 1 aliphatic heterocycles. The van der Waals surface area contributed by atoms with Crippen molar-refractivity contribution in [1.29, 1.82) is 0 Å². The molecule has 1 unspecified atom stereocenters. The molecule has 1 aliphatic rings. The summed E-state index contributed by atoms with van der Waals surface area (Å²) >= 11 is 1.60. The highest BCUT2D eigenvalue weighted by atomic mass is 32.2. The second-order valence-corrected chi connectivity index (χ2v) is 8.33. The van der Waals surface area contributed by atoms with Crippen LogP contribution < -0.4 is 10.2 Å². The molecule has 30 heavy (non-hydrogen) atoms. The molecule has 0 spiro atoms. The first kappa shape index (κ1) is 20.5. The summed E-state index contributed by atoms with van der Waals surface area (Å²) in [4.78, 5) is 14.8. The van der Waals surface area contributed by atoms with Crippen molar-refractivity contribution in [3.8, 4) is 5.69 Å². The average Bonchev–Trinajstić information content (AvgIpc) is 2.95. The smallest absolute Gasteiger partial charge is 0.235 e. The molecule has 0 radical (unpaired) electrons. The fourth-order valence-electron chi connectivity index (χ4n) is 3.86. The molecule has 2 heterocycles. The van der Waals surface area contributed by atoms with Crippen LogP contribution in [0.4, 0.5) is 15.9 Å². The number of fused-ring (bicyclic) bond motifs is 1. The van der Waals surface area contributed by atoms with E-state index in [0.29, 0.717) is 17.3 Å². The lowest BCUT2D eigenvalue weighted by atomic mass is 10.0. The molecule has 5 nitrogen and oxygen atoms in total. The number of nitrogens with zero attached hydrogens (tertiary/aromatic N) is 3. The van der Waals surface area contributed by atoms with Gasteiger partial charge in [-0.15, -0.1) is 11.8 Å². The highest BCUT2D eigenvalue weighted by Gasteiger charge is 2.30. The summed E-state index contributed by atoms with van der Waals surface area (Å²) in [5, 5.41) is 7.67. The lowest BCUT2D eigenvalue weighted by Gasteiger charge is -2.22. The van der Waals surface area contributed by atoms with Crippen molar-refractivity contribution < 1.29 is 9.18 Å². The van der Waals surface area contributed by atoms with Gasteiger partial charge in [0.15, 0.2) is 0 Å². The Morgan fingerprint density at radius 3 is 2.43 bits per heavy atom. The normalized spacial score (nSPS) is 16.0. The minimum absolute atomic E-state index is 0.0149. The summed E-state index contributed by atoms with van der Waals surface area (Å²) in [5.41, 5.74) is 4.88. The van der Waals surface area contributed by atoms with Gasteiger partial charge in [-0.3, -0.25) is 4.79 Å². The van der Waals surface area contributed by atoms with E-state index in [0.717, 1.165) is 29.9 Å². The standard InChI is InChI=1S/C23H25FN4OS/c1-4-27(5-2)18-10-6-16(7-11-18)22-21-15(3)26-28(19-12-8-17(24)9-13-19)23(21)25-20(29)14-30-22/h6-13,22H,4-5,14H2,1-3H3,(H,25,29). The van der Waals surface area contributed by atoms with Gasteiger partial charge in [-0.25, -0.2) is 9.07 Å². The van der Waals surface area contributed by atoms with Crippen LogP contribution in [0.15, 0.2) is 48.5 Å². The number of carbonyl (C=O) groups is 1. The van der Waals surface area contributed by atoms with Crippen molar-refractivity contribution in [2.45, 2.75) is 26.0 Å². The fourth-order valence-corrected chi connectivity index (χ4v) is 5.05. The number of amides is 1. The first-order valence-corrected chi connectivity index (χ1v) is 11.2. The van der Waals surface area contributed by atoms with Gasteiger partial charge in [-0.1, -0.05) is 12.1 Å². The van der Waals surface area contributed by atoms with Crippen LogP contribution in [0.3, 0.4) is 0 Å². The van der Waals surface area contributed by atoms with Crippen LogP contribution in [0, 0.1) is 12.7 Å². The number of nitrogens with one attached hydrogen (secondary N) is 1. The van der Waals surface area contributed by atoms with Crippen LogP contribution in [-0.2, 0) is 4.79 Å². The number of benzene rings is 2. The van der Waals surface area contributed by atoms with Crippen molar-refractivity contribution in [1.82, 2.24) is 9.78 Å². The van der Waals surface area contributed by atoms with Gasteiger partial charge in [0.05, 0.1) is 22.4 Å². The number of thioether (sulfide) groups is 1. The van der Waals surface area contributed by atoms with E-state index in [9.17, 15) is 9.18 Å². The third-order valence-corrected chi connectivity index (χ3v) is 6.67. The number of aromatic nitrogens is 2. The van der Waals surface area contributed by atoms with Crippen LogP contribution >= 0.6 is 11.8 Å². The molecule has 0 saturated heterocycles. The summed E-state index contributed by atoms with van der Waals surface area (Å²) in [6.07, 6.45) is 0. The van der Waals surface area contributed by atoms with Gasteiger partial charge in [0, 0.05) is 24.3 Å². The summed E-state index contributed by atoms with van der Waals surface area (Å²) < 4.78 is 15.1. The van der Waals surface area contributed by atoms with E-state index in [1.54, 1.807) is 28.6 Å². The zero-order chi connectivity index (χ0) is 21.3. The molecule has 0 fully saturated rings. The Kier molecular flexibility index (Phi) is 5.81. The molecule has 156 valence electrons. The van der Waals surface area contributed by atoms with E-state index in [-0.39, 0.29) is 17.0 Å². The summed E-state index contributed by atoms with van der Waals surface area (Å²) in [6.45, 7) is 8.17. The first-order valence-electron chi connectivity index (χ1n) is 10.1. The largest absolute Gasteiger partial charge is 0.372 e. The van der Waals surface area contributed by atoms with Gasteiger partial charge in [0.2, 0.25) is 5.91 Å². The van der Waals surface area contributed by atoms with E-state index in [2.05, 4.69) is 53.4 Å². The van der Waals surface area contributed by atoms with E-state index in [1.807, 2.05) is 6.92 Å². The van der Waals surface area contributed by atoms with Crippen LogP contribution in [0.1, 0.15) is 35.9 Å². The number of aryl methyl sites for hydroxylation is 1. The number of halogens is 1. The molecule has 2 aromatic carbocycles. The Bertz CT molecular complexity index is 1040. The van der Waals surface area contributed by atoms with Crippen molar-refractivity contribution >= 4 is 29.2 Å². The summed E-state index contributed by atoms with van der Waals surface area (Å²) in [5.74, 6) is 0.651. The predicted molar refractivity (Wildman–Crippen MR) is 121 cm³/mol. The zero-order valence-electron chi connectivity index (χ0n) is 17.4. The SMILES string of the molecule is CCN(CC)c1ccc(C2SCC(=O)Nc3c2c(C)nn3-c2ccc(F)cc2)cc1. The van der Waals surface area contributed by atoms with Gasteiger partial charge < -0.3 is 10.2 Å². The topological polar surface area (TPSA) is 50.2 Å². The first-order chi connectivity index (χ1) is 14.5. The number of hydrogen-bond donors (Lipinski definition) is 1. The van der Waals surface area contributed by atoms with Crippen LogP contribution in [-0.4, -0.2) is 34.5 Å². The fraction of sp³-hybridized carbons (Fsp3) is 0.304. The zero-order valence-corrected chi connectivity index (χ0v) is 18.2. The Morgan fingerprint density at radius 2 is 1.80 bits per heavy atom. The van der Waals surface area contributed by atoms with Crippen LogP contribution in [0.5, 0.6) is 0 Å². The van der Waals surface area contributed by atoms with E-state index in [4.69, 9.17) is 0 Å². The molecule has 0 bridgehead atoms. The van der Waals surface area contributed by atoms with E-state index < -0.39 is 0 Å². The van der Waals surface area contributed by atoms with Gasteiger partial charge in [-0.05, 0) is 62.7 Å². The maximum atomic E-state index is 13.4. The maximum Gasteiger partial charge on any atom is 0.235 e. The molecule has 1 N–H and O–H groups in total. The molecule has 1 amide bonds. The van der Waals surface area contributed by atoms with E-state index in [1.165, 1.54) is 17.8 Å². The minimum atomic E-state index is -0.306. The molecular formula is C23H25FN4OS. The third kappa shape index (κ3) is 3.81. The second kappa shape index (κ2) is 8.52. The molecule has 4 rings (SSSR count). The monoisotopic (exact) mass is 424 g/mol. The van der Waals surface area contributed by atoms with Gasteiger partial charge in [0.25, 0.3) is 0 Å². The maximum absolute atomic E-state index is 13.4. The molecule has 1 aromatic heterocycles. The Hall–Kier alpha value is -2.80. The molecule has 3 aromatic rings. The Balaban J connectivity index is 1.77. The molecule has 7 heteroatoms. The van der Waals surface area contributed by atoms with Gasteiger partial charge >= 0.3 is 0 Å². The minimum Gasteiger partial charge on any atom is -0.372 e. The molecule has 0 aliphatic carbocycles. The third-order valence-electron chi connectivity index (χ3n) is 5.40. The second-order valence-electron chi connectivity index (χ2n) is 7.24. The molecular weight excluding hydrogens is 399 g/mol. The number of carbonyl (C=O) groups excluding carboxylic acids is 1. The summed E-state index contributed by atoms with van der Waals surface area (Å²) in [7, 11) is 0. The number of hydrogen-bond acceptors (Lipinski definition) is 4. The van der Waals surface area contributed by atoms with Gasteiger partial charge in [0.1, 0.15) is 11.6 Å². The average molecular weight is 425 g/mol. The highest BCUT2D eigenvalue weighted by Crippen LogP contribution is 2.44. The molecule has 1 atom stereocenters. The van der Waals surface area contributed by atoms with Crippen LogP contribution in [0.25, 0.3) is 5.69 Å². The van der Waals surface area contributed by atoms with Gasteiger partial charge in [-0.2, -0.15) is 5.10 Å². The lowest BCUT2D eigenvalue weighted by Crippen LogP contribution is -2.21.